The fourth-order valence-corrected chi connectivity index (χ4v) is 2.39. The molecule has 1 atom stereocenters. The second-order valence-corrected chi connectivity index (χ2v) is 5.34. The number of nitrogens with one attached hydrogen (secondary N) is 3. The summed E-state index contributed by atoms with van der Waals surface area (Å²) in [6, 6.07) is 1.70. The van der Waals surface area contributed by atoms with Crippen LogP contribution in [-0.2, 0) is 4.79 Å². The van der Waals surface area contributed by atoms with Crippen molar-refractivity contribution in [2.24, 2.45) is 0 Å². The quantitative estimate of drug-likeness (QED) is 0.689. The normalized spacial score (nSPS) is 17.4. The van der Waals surface area contributed by atoms with E-state index in [4.69, 9.17) is 4.42 Å². The van der Waals surface area contributed by atoms with Crippen molar-refractivity contribution < 1.29 is 14.0 Å². The predicted molar refractivity (Wildman–Crippen MR) is 86.3 cm³/mol. The van der Waals surface area contributed by atoms with Gasteiger partial charge in [0.1, 0.15) is 0 Å². The highest BCUT2D eigenvalue weighted by Gasteiger charge is 2.19. The van der Waals surface area contributed by atoms with Crippen molar-refractivity contribution in [1.82, 2.24) is 16.0 Å². The molecule has 0 spiro atoms. The molecule has 1 aromatic rings. The van der Waals surface area contributed by atoms with Crippen LogP contribution in [0.15, 0.2) is 16.7 Å². The number of hydrogen-bond acceptors (Lipinski definition) is 4. The van der Waals surface area contributed by atoms with E-state index in [9.17, 15) is 9.59 Å². The van der Waals surface area contributed by atoms with Crippen molar-refractivity contribution >= 4 is 24.2 Å². The first-order chi connectivity index (χ1) is 10.2. The number of halogens is 1. The van der Waals surface area contributed by atoms with E-state index in [1.807, 2.05) is 6.92 Å². The molecule has 2 amide bonds. The van der Waals surface area contributed by atoms with Gasteiger partial charge in [-0.25, -0.2) is 0 Å². The Morgan fingerprint density at radius 1 is 1.32 bits per heavy atom. The van der Waals surface area contributed by atoms with Gasteiger partial charge in [-0.15, -0.1) is 12.4 Å². The van der Waals surface area contributed by atoms with Gasteiger partial charge in [0, 0.05) is 18.7 Å². The van der Waals surface area contributed by atoms with Crippen molar-refractivity contribution in [2.45, 2.75) is 38.6 Å². The van der Waals surface area contributed by atoms with Crippen LogP contribution in [-0.4, -0.2) is 37.5 Å². The molecule has 7 heteroatoms. The fraction of sp³-hybridized carbons (Fsp3) is 0.600. The SMILES string of the molecule is Cc1ccoc1C(=O)NCCCNC(=O)C1CCCCN1.Cl. The van der Waals surface area contributed by atoms with Crippen LogP contribution < -0.4 is 16.0 Å². The molecule has 0 radical (unpaired) electrons. The molecule has 1 aliphatic rings. The summed E-state index contributed by atoms with van der Waals surface area (Å²) in [5.74, 6) is 0.200. The lowest BCUT2D eigenvalue weighted by Gasteiger charge is -2.22. The molecule has 2 heterocycles. The van der Waals surface area contributed by atoms with Gasteiger partial charge in [-0.3, -0.25) is 9.59 Å². The van der Waals surface area contributed by atoms with Crippen molar-refractivity contribution in [3.05, 3.63) is 23.7 Å². The molecule has 3 N–H and O–H groups in total. The average molecular weight is 330 g/mol. The summed E-state index contributed by atoms with van der Waals surface area (Å²) >= 11 is 0. The van der Waals surface area contributed by atoms with E-state index in [-0.39, 0.29) is 30.3 Å². The van der Waals surface area contributed by atoms with E-state index in [0.717, 1.165) is 31.4 Å². The van der Waals surface area contributed by atoms with Gasteiger partial charge in [-0.05, 0) is 38.8 Å². The zero-order valence-corrected chi connectivity index (χ0v) is 13.6. The van der Waals surface area contributed by atoms with Crippen molar-refractivity contribution in [3.8, 4) is 0 Å². The zero-order chi connectivity index (χ0) is 15.1. The summed E-state index contributed by atoms with van der Waals surface area (Å²) in [6.07, 6.45) is 5.34. The van der Waals surface area contributed by atoms with E-state index in [1.165, 1.54) is 6.26 Å². The number of aryl methyl sites for hydroxylation is 1. The maximum Gasteiger partial charge on any atom is 0.287 e. The largest absolute Gasteiger partial charge is 0.459 e. The van der Waals surface area contributed by atoms with Gasteiger partial charge in [0.2, 0.25) is 5.91 Å². The Morgan fingerprint density at radius 3 is 2.73 bits per heavy atom. The third kappa shape index (κ3) is 5.35. The maximum atomic E-state index is 11.9. The molecule has 2 rings (SSSR count). The second kappa shape index (κ2) is 9.48. The van der Waals surface area contributed by atoms with Crippen LogP contribution in [0, 0.1) is 6.92 Å². The molecule has 1 aliphatic heterocycles. The molecule has 1 aromatic heterocycles. The number of carbonyl (C=O) groups is 2. The minimum absolute atomic E-state index is 0. The Kier molecular flexibility index (Phi) is 7.98. The minimum atomic E-state index is -0.210. The molecule has 1 saturated heterocycles. The van der Waals surface area contributed by atoms with Crippen LogP contribution in [0.3, 0.4) is 0 Å². The van der Waals surface area contributed by atoms with E-state index in [2.05, 4.69) is 16.0 Å². The Bertz CT molecular complexity index is 484. The second-order valence-electron chi connectivity index (χ2n) is 5.34. The van der Waals surface area contributed by atoms with E-state index >= 15 is 0 Å². The highest BCUT2D eigenvalue weighted by Crippen LogP contribution is 2.08. The Hall–Kier alpha value is -1.53. The van der Waals surface area contributed by atoms with Gasteiger partial charge in [0.05, 0.1) is 12.3 Å². The first-order valence-electron chi connectivity index (χ1n) is 7.52. The average Bonchev–Trinajstić information content (AvgIpc) is 2.93. The molecule has 0 aliphatic carbocycles. The zero-order valence-electron chi connectivity index (χ0n) is 12.8. The van der Waals surface area contributed by atoms with Crippen molar-refractivity contribution in [1.29, 1.82) is 0 Å². The number of carbonyl (C=O) groups excluding carboxylic acids is 2. The molecular weight excluding hydrogens is 306 g/mol. The summed E-state index contributed by atoms with van der Waals surface area (Å²) in [6.45, 7) is 3.82. The monoisotopic (exact) mass is 329 g/mol. The lowest BCUT2D eigenvalue weighted by molar-refractivity contribution is -0.123. The number of hydrogen-bond donors (Lipinski definition) is 3. The van der Waals surface area contributed by atoms with Crippen LogP contribution in [0.4, 0.5) is 0 Å². The predicted octanol–water partition coefficient (Wildman–Crippen LogP) is 1.39. The number of amides is 2. The number of rotatable bonds is 6. The van der Waals surface area contributed by atoms with E-state index in [0.29, 0.717) is 25.3 Å². The van der Waals surface area contributed by atoms with Gasteiger partial charge >= 0.3 is 0 Å². The van der Waals surface area contributed by atoms with Crippen LogP contribution in [0.1, 0.15) is 41.8 Å². The summed E-state index contributed by atoms with van der Waals surface area (Å²) < 4.78 is 5.11. The van der Waals surface area contributed by atoms with Gasteiger partial charge in [0.25, 0.3) is 5.91 Å². The highest BCUT2D eigenvalue weighted by atomic mass is 35.5. The van der Waals surface area contributed by atoms with Crippen LogP contribution >= 0.6 is 12.4 Å². The first-order valence-corrected chi connectivity index (χ1v) is 7.52. The summed E-state index contributed by atoms with van der Waals surface area (Å²) in [5, 5.41) is 8.88. The third-order valence-corrected chi connectivity index (χ3v) is 3.63. The maximum absolute atomic E-state index is 11.9. The Labute approximate surface area is 136 Å². The van der Waals surface area contributed by atoms with Crippen LogP contribution in [0.5, 0.6) is 0 Å². The molecule has 22 heavy (non-hydrogen) atoms. The molecule has 0 bridgehead atoms. The van der Waals surface area contributed by atoms with E-state index in [1.54, 1.807) is 6.07 Å². The lowest BCUT2D eigenvalue weighted by atomic mass is 10.0. The summed E-state index contributed by atoms with van der Waals surface area (Å²) in [5.41, 5.74) is 0.823. The number of furan rings is 1. The van der Waals surface area contributed by atoms with E-state index < -0.39 is 0 Å². The first kappa shape index (κ1) is 18.5. The molecular formula is C15H24ClN3O3. The topological polar surface area (TPSA) is 83.4 Å². The standard InChI is InChI=1S/C15H23N3O3.ClH/c1-11-6-10-21-13(11)15(20)18-9-4-8-17-14(19)12-5-2-3-7-16-12;/h6,10,12,16H,2-5,7-9H2,1H3,(H,17,19)(H,18,20);1H. The Morgan fingerprint density at radius 2 is 2.09 bits per heavy atom. The smallest absolute Gasteiger partial charge is 0.287 e. The molecule has 6 nitrogen and oxygen atoms in total. The van der Waals surface area contributed by atoms with Gasteiger partial charge in [0.15, 0.2) is 5.76 Å². The number of piperidine rings is 1. The molecule has 1 unspecified atom stereocenters. The Balaban J connectivity index is 0.00000242. The molecule has 0 aromatic carbocycles. The van der Waals surface area contributed by atoms with Gasteiger partial charge in [-0.1, -0.05) is 6.42 Å². The lowest BCUT2D eigenvalue weighted by Crippen LogP contribution is -2.47. The van der Waals surface area contributed by atoms with Crippen molar-refractivity contribution in [3.63, 3.8) is 0 Å². The fourth-order valence-electron chi connectivity index (χ4n) is 2.39. The molecule has 1 fully saturated rings. The molecule has 0 saturated carbocycles. The highest BCUT2D eigenvalue weighted by molar-refractivity contribution is 5.92. The third-order valence-electron chi connectivity index (χ3n) is 3.63. The van der Waals surface area contributed by atoms with Gasteiger partial charge < -0.3 is 20.4 Å². The van der Waals surface area contributed by atoms with Crippen LogP contribution in [0.2, 0.25) is 0 Å². The molecule has 124 valence electrons. The van der Waals surface area contributed by atoms with Crippen molar-refractivity contribution in [2.75, 3.05) is 19.6 Å². The summed E-state index contributed by atoms with van der Waals surface area (Å²) in [4.78, 5) is 23.6. The minimum Gasteiger partial charge on any atom is -0.459 e. The van der Waals surface area contributed by atoms with Gasteiger partial charge in [-0.2, -0.15) is 0 Å². The van der Waals surface area contributed by atoms with Crippen LogP contribution in [0.25, 0.3) is 0 Å². The summed E-state index contributed by atoms with van der Waals surface area (Å²) in [7, 11) is 0.